The summed E-state index contributed by atoms with van der Waals surface area (Å²) in [6.45, 7) is 2.41. The van der Waals surface area contributed by atoms with Crippen LogP contribution in [0.25, 0.3) is 0 Å². The van der Waals surface area contributed by atoms with Gasteiger partial charge >= 0.3 is 0 Å². The smallest absolute Gasteiger partial charge is 0.251 e. The number of anilines is 3. The zero-order chi connectivity index (χ0) is 20.1. The standard InChI is InChI=1S/C23H23FN4O/c24-19-3-7-22(8-4-19)28-14-11-17(16-28)15-26-23(29)18-1-5-20(6-2-18)27-21-9-12-25-13-10-21/h1-10,12-13,17H,11,14-16H2,(H,25,27)(H,26,29)/t17-/m1/s1. The molecule has 2 N–H and O–H groups in total. The number of hydrogen-bond acceptors (Lipinski definition) is 4. The minimum absolute atomic E-state index is 0.0688. The van der Waals surface area contributed by atoms with E-state index in [0.29, 0.717) is 18.0 Å². The third-order valence-corrected chi connectivity index (χ3v) is 5.15. The Hall–Kier alpha value is -3.41. The molecule has 148 valence electrons. The van der Waals surface area contributed by atoms with Crippen LogP contribution in [0.15, 0.2) is 73.1 Å². The Balaban J connectivity index is 1.27. The first-order chi connectivity index (χ1) is 14.2. The summed E-state index contributed by atoms with van der Waals surface area (Å²) in [5.41, 5.74) is 3.53. The lowest BCUT2D eigenvalue weighted by molar-refractivity contribution is 0.0948. The molecular formula is C23H23FN4O. The molecule has 2 aromatic carbocycles. The SMILES string of the molecule is O=C(NC[C@H]1CCN(c2ccc(F)cc2)C1)c1ccc(Nc2ccncc2)cc1. The maximum Gasteiger partial charge on any atom is 0.251 e. The van der Waals surface area contributed by atoms with E-state index in [0.717, 1.165) is 36.6 Å². The second kappa shape index (κ2) is 8.73. The molecule has 0 unspecified atom stereocenters. The van der Waals surface area contributed by atoms with Crippen molar-refractivity contribution in [2.75, 3.05) is 29.9 Å². The van der Waals surface area contributed by atoms with Crippen LogP contribution in [0.5, 0.6) is 0 Å². The Labute approximate surface area is 169 Å². The van der Waals surface area contributed by atoms with Crippen LogP contribution in [0.3, 0.4) is 0 Å². The van der Waals surface area contributed by atoms with E-state index in [4.69, 9.17) is 0 Å². The van der Waals surface area contributed by atoms with Gasteiger partial charge in [-0.3, -0.25) is 9.78 Å². The highest BCUT2D eigenvalue weighted by Crippen LogP contribution is 2.23. The summed E-state index contributed by atoms with van der Waals surface area (Å²) in [6, 6.07) is 17.8. The van der Waals surface area contributed by atoms with Crippen LogP contribution in [0.4, 0.5) is 21.5 Å². The predicted octanol–water partition coefficient (Wildman–Crippen LogP) is 4.22. The van der Waals surface area contributed by atoms with Gasteiger partial charge in [-0.05, 0) is 73.0 Å². The van der Waals surface area contributed by atoms with Gasteiger partial charge in [-0.1, -0.05) is 0 Å². The average Bonchev–Trinajstić information content (AvgIpc) is 3.23. The summed E-state index contributed by atoms with van der Waals surface area (Å²) < 4.78 is 13.1. The van der Waals surface area contributed by atoms with Crippen LogP contribution in [-0.4, -0.2) is 30.5 Å². The van der Waals surface area contributed by atoms with Crippen LogP contribution in [0.2, 0.25) is 0 Å². The molecule has 5 nitrogen and oxygen atoms in total. The van der Waals surface area contributed by atoms with Gasteiger partial charge in [0.2, 0.25) is 0 Å². The lowest BCUT2D eigenvalue weighted by Crippen LogP contribution is -2.31. The van der Waals surface area contributed by atoms with Gasteiger partial charge < -0.3 is 15.5 Å². The zero-order valence-corrected chi connectivity index (χ0v) is 16.0. The topological polar surface area (TPSA) is 57.3 Å². The summed E-state index contributed by atoms with van der Waals surface area (Å²) in [7, 11) is 0. The third kappa shape index (κ3) is 4.90. The van der Waals surface area contributed by atoms with Gasteiger partial charge in [-0.2, -0.15) is 0 Å². The van der Waals surface area contributed by atoms with Gasteiger partial charge in [0.1, 0.15) is 5.82 Å². The van der Waals surface area contributed by atoms with Crippen molar-refractivity contribution in [2.24, 2.45) is 5.92 Å². The number of benzene rings is 2. The minimum atomic E-state index is -0.223. The largest absolute Gasteiger partial charge is 0.371 e. The van der Waals surface area contributed by atoms with Crippen molar-refractivity contribution in [3.63, 3.8) is 0 Å². The fourth-order valence-corrected chi connectivity index (χ4v) is 3.53. The third-order valence-electron chi connectivity index (χ3n) is 5.15. The van der Waals surface area contributed by atoms with Gasteiger partial charge in [-0.25, -0.2) is 4.39 Å². The summed E-state index contributed by atoms with van der Waals surface area (Å²) >= 11 is 0. The van der Waals surface area contributed by atoms with Crippen molar-refractivity contribution < 1.29 is 9.18 Å². The molecule has 0 radical (unpaired) electrons. The molecule has 1 aliphatic rings. The van der Waals surface area contributed by atoms with E-state index in [-0.39, 0.29) is 11.7 Å². The monoisotopic (exact) mass is 390 g/mol. The summed E-state index contributed by atoms with van der Waals surface area (Å²) in [5, 5.41) is 6.31. The molecule has 29 heavy (non-hydrogen) atoms. The normalized spacial score (nSPS) is 15.9. The van der Waals surface area contributed by atoms with Gasteiger partial charge in [-0.15, -0.1) is 0 Å². The number of nitrogens with zero attached hydrogens (tertiary/aromatic N) is 2. The van der Waals surface area contributed by atoms with Crippen molar-refractivity contribution in [2.45, 2.75) is 6.42 Å². The molecule has 1 amide bonds. The van der Waals surface area contributed by atoms with Gasteiger partial charge in [0.15, 0.2) is 0 Å². The van der Waals surface area contributed by atoms with E-state index < -0.39 is 0 Å². The Bertz CT molecular complexity index is 945. The quantitative estimate of drug-likeness (QED) is 0.662. The second-order valence-electron chi connectivity index (χ2n) is 7.23. The molecule has 1 fully saturated rings. The molecule has 1 saturated heterocycles. The van der Waals surface area contributed by atoms with Crippen LogP contribution in [-0.2, 0) is 0 Å². The molecule has 0 aliphatic carbocycles. The fraction of sp³-hybridized carbons (Fsp3) is 0.217. The highest BCUT2D eigenvalue weighted by atomic mass is 19.1. The molecule has 6 heteroatoms. The summed E-state index contributed by atoms with van der Waals surface area (Å²) in [6.07, 6.45) is 4.46. The second-order valence-corrected chi connectivity index (χ2v) is 7.23. The predicted molar refractivity (Wildman–Crippen MR) is 113 cm³/mol. The Morgan fingerprint density at radius 2 is 1.69 bits per heavy atom. The molecule has 0 saturated carbocycles. The molecule has 1 aromatic heterocycles. The van der Waals surface area contributed by atoms with Crippen molar-refractivity contribution in [3.05, 3.63) is 84.4 Å². The molecular weight excluding hydrogens is 367 g/mol. The number of amides is 1. The average molecular weight is 390 g/mol. The van der Waals surface area contributed by atoms with Crippen molar-refractivity contribution in [1.82, 2.24) is 10.3 Å². The summed E-state index contributed by atoms with van der Waals surface area (Å²) in [5.74, 6) is 0.0936. The molecule has 1 aliphatic heterocycles. The number of hydrogen-bond donors (Lipinski definition) is 2. The molecule has 0 spiro atoms. The maximum atomic E-state index is 13.1. The Morgan fingerprint density at radius 3 is 2.41 bits per heavy atom. The van der Waals surface area contributed by atoms with Crippen LogP contribution >= 0.6 is 0 Å². The van der Waals surface area contributed by atoms with E-state index in [1.54, 1.807) is 24.5 Å². The van der Waals surface area contributed by atoms with Gasteiger partial charge in [0, 0.05) is 54.7 Å². The molecule has 2 heterocycles. The van der Waals surface area contributed by atoms with E-state index in [1.165, 1.54) is 12.1 Å². The van der Waals surface area contributed by atoms with E-state index >= 15 is 0 Å². The van der Waals surface area contributed by atoms with Crippen molar-refractivity contribution >= 4 is 23.0 Å². The number of carbonyl (C=O) groups is 1. The number of carbonyl (C=O) groups excluding carboxylic acids is 1. The first-order valence-electron chi connectivity index (χ1n) is 9.73. The van der Waals surface area contributed by atoms with Gasteiger partial charge in [0.05, 0.1) is 0 Å². The number of pyridine rings is 1. The van der Waals surface area contributed by atoms with E-state index in [9.17, 15) is 9.18 Å². The highest BCUT2D eigenvalue weighted by Gasteiger charge is 2.23. The van der Waals surface area contributed by atoms with Crippen molar-refractivity contribution in [3.8, 4) is 0 Å². The lowest BCUT2D eigenvalue weighted by atomic mass is 10.1. The van der Waals surface area contributed by atoms with Crippen LogP contribution < -0.4 is 15.5 Å². The fourth-order valence-electron chi connectivity index (χ4n) is 3.53. The molecule has 1 atom stereocenters. The van der Waals surface area contributed by atoms with E-state index in [2.05, 4.69) is 20.5 Å². The Kier molecular flexibility index (Phi) is 5.70. The molecule has 0 bridgehead atoms. The number of halogens is 1. The molecule has 4 rings (SSSR count). The minimum Gasteiger partial charge on any atom is -0.371 e. The van der Waals surface area contributed by atoms with Crippen LogP contribution in [0, 0.1) is 11.7 Å². The number of rotatable bonds is 6. The van der Waals surface area contributed by atoms with Crippen LogP contribution in [0.1, 0.15) is 16.8 Å². The molecule has 3 aromatic rings. The number of aromatic nitrogens is 1. The van der Waals surface area contributed by atoms with E-state index in [1.807, 2.05) is 36.4 Å². The first-order valence-corrected chi connectivity index (χ1v) is 9.73. The summed E-state index contributed by atoms with van der Waals surface area (Å²) in [4.78, 5) is 18.7. The van der Waals surface area contributed by atoms with Gasteiger partial charge in [0.25, 0.3) is 5.91 Å². The maximum absolute atomic E-state index is 13.1. The number of nitrogens with one attached hydrogen (secondary N) is 2. The first kappa shape index (κ1) is 18.9. The zero-order valence-electron chi connectivity index (χ0n) is 16.0. The lowest BCUT2D eigenvalue weighted by Gasteiger charge is -2.19. The Morgan fingerprint density at radius 1 is 1.00 bits per heavy atom. The van der Waals surface area contributed by atoms with Crippen molar-refractivity contribution in [1.29, 1.82) is 0 Å². The highest BCUT2D eigenvalue weighted by molar-refractivity contribution is 5.94.